The van der Waals surface area contributed by atoms with Crippen LogP contribution in [0.4, 0.5) is 0 Å². The number of hydrogen-bond donors (Lipinski definition) is 1. The summed E-state index contributed by atoms with van der Waals surface area (Å²) in [6.45, 7) is 6.56. The van der Waals surface area contributed by atoms with Gasteiger partial charge in [0, 0.05) is 12.0 Å². The van der Waals surface area contributed by atoms with E-state index in [-0.39, 0.29) is 17.7 Å². The van der Waals surface area contributed by atoms with Crippen molar-refractivity contribution in [2.45, 2.75) is 52.0 Å². The van der Waals surface area contributed by atoms with Crippen LogP contribution in [0, 0.1) is 5.92 Å². The molecule has 1 aliphatic carbocycles. The van der Waals surface area contributed by atoms with Crippen LogP contribution in [0.5, 0.6) is 5.75 Å². The maximum Gasteiger partial charge on any atom is 0.211 e. The summed E-state index contributed by atoms with van der Waals surface area (Å²) in [5, 5.41) is 0. The van der Waals surface area contributed by atoms with Crippen LogP contribution in [0.3, 0.4) is 0 Å². The smallest absolute Gasteiger partial charge is 0.211 e. The van der Waals surface area contributed by atoms with Crippen LogP contribution in [0.1, 0.15) is 51.5 Å². The summed E-state index contributed by atoms with van der Waals surface area (Å²) in [4.78, 5) is 0. The Hall–Kier alpha value is -1.07. The molecule has 0 amide bonds. The van der Waals surface area contributed by atoms with Crippen LogP contribution in [0.2, 0.25) is 0 Å². The summed E-state index contributed by atoms with van der Waals surface area (Å²) >= 11 is 0. The van der Waals surface area contributed by atoms with E-state index >= 15 is 0 Å². The minimum atomic E-state index is -3.14. The largest absolute Gasteiger partial charge is 0.493 e. The third kappa shape index (κ3) is 4.71. The van der Waals surface area contributed by atoms with Crippen molar-refractivity contribution < 1.29 is 13.2 Å². The Morgan fingerprint density at radius 2 is 1.91 bits per heavy atom. The van der Waals surface area contributed by atoms with E-state index in [4.69, 9.17) is 4.74 Å². The highest BCUT2D eigenvalue weighted by Crippen LogP contribution is 2.27. The number of rotatable bonds is 7. The van der Waals surface area contributed by atoms with E-state index < -0.39 is 10.0 Å². The average Bonchev–Trinajstić information content (AvgIpc) is 2.92. The lowest BCUT2D eigenvalue weighted by Crippen LogP contribution is -2.40. The fourth-order valence-electron chi connectivity index (χ4n) is 2.86. The molecule has 1 saturated carbocycles. The summed E-state index contributed by atoms with van der Waals surface area (Å²) < 4.78 is 32.1. The van der Waals surface area contributed by atoms with Crippen molar-refractivity contribution in [2.75, 3.05) is 12.4 Å². The van der Waals surface area contributed by atoms with Gasteiger partial charge in [-0.2, -0.15) is 0 Å². The van der Waals surface area contributed by atoms with Crippen molar-refractivity contribution in [1.82, 2.24) is 4.72 Å². The van der Waals surface area contributed by atoms with Crippen molar-refractivity contribution in [3.05, 3.63) is 29.8 Å². The molecule has 0 saturated heterocycles. The lowest BCUT2D eigenvalue weighted by Gasteiger charge is -2.21. The normalized spacial score (nSPS) is 22.2. The van der Waals surface area contributed by atoms with E-state index in [1.54, 1.807) is 6.92 Å². The molecule has 0 spiro atoms. The van der Waals surface area contributed by atoms with E-state index in [0.29, 0.717) is 12.5 Å². The molecule has 1 N–H and O–H groups in total. The molecule has 2 rings (SSSR count). The quantitative estimate of drug-likeness (QED) is 0.837. The van der Waals surface area contributed by atoms with Gasteiger partial charge < -0.3 is 4.74 Å². The van der Waals surface area contributed by atoms with E-state index in [9.17, 15) is 8.42 Å². The molecule has 0 radical (unpaired) electrons. The Kier molecular flexibility index (Phi) is 5.87. The van der Waals surface area contributed by atoms with Gasteiger partial charge in [0.2, 0.25) is 10.0 Å². The Bertz CT molecular complexity index is 566. The summed E-state index contributed by atoms with van der Waals surface area (Å²) in [6, 6.07) is 8.18. The minimum Gasteiger partial charge on any atom is -0.493 e. The minimum absolute atomic E-state index is 0.0138. The van der Waals surface area contributed by atoms with Gasteiger partial charge in [-0.3, -0.25) is 0 Å². The van der Waals surface area contributed by atoms with Crippen molar-refractivity contribution in [1.29, 1.82) is 0 Å². The molecule has 0 aromatic heterocycles. The number of sulfonamides is 1. The Morgan fingerprint density at radius 1 is 1.23 bits per heavy atom. The fraction of sp³-hybridized carbons (Fsp3) is 0.647. The standard InChI is InChI=1S/C17H27NO3S/c1-4-22(19,20)18-17-7-5-6-15(17)12-21-16-10-8-14(9-11-16)13(2)3/h8-11,13,15,17-18H,4-7,12H2,1-3H3/t15-,17-/m0/s1. The monoisotopic (exact) mass is 325 g/mol. The maximum absolute atomic E-state index is 11.7. The first-order valence-corrected chi connectivity index (χ1v) is 9.79. The van der Waals surface area contributed by atoms with E-state index in [0.717, 1.165) is 25.0 Å². The van der Waals surface area contributed by atoms with Crippen molar-refractivity contribution in [2.24, 2.45) is 5.92 Å². The van der Waals surface area contributed by atoms with Gasteiger partial charge in [-0.1, -0.05) is 32.4 Å². The van der Waals surface area contributed by atoms with Gasteiger partial charge in [0.05, 0.1) is 12.4 Å². The van der Waals surface area contributed by atoms with Gasteiger partial charge in [-0.05, 0) is 43.4 Å². The van der Waals surface area contributed by atoms with Gasteiger partial charge in [-0.15, -0.1) is 0 Å². The van der Waals surface area contributed by atoms with Crippen molar-refractivity contribution >= 4 is 10.0 Å². The first kappa shape index (κ1) is 17.3. The van der Waals surface area contributed by atoms with E-state index in [1.165, 1.54) is 5.56 Å². The fourth-order valence-corrected chi connectivity index (χ4v) is 3.80. The lowest BCUT2D eigenvalue weighted by atomic mass is 10.0. The molecule has 4 nitrogen and oxygen atoms in total. The Morgan fingerprint density at radius 3 is 2.50 bits per heavy atom. The van der Waals surface area contributed by atoms with Crippen molar-refractivity contribution in [3.8, 4) is 5.75 Å². The van der Waals surface area contributed by atoms with Gasteiger partial charge in [-0.25, -0.2) is 13.1 Å². The molecule has 5 heteroatoms. The number of hydrogen-bond acceptors (Lipinski definition) is 3. The molecule has 2 atom stereocenters. The average molecular weight is 325 g/mol. The molecular formula is C17H27NO3S. The molecule has 1 aromatic rings. The highest BCUT2D eigenvalue weighted by Gasteiger charge is 2.30. The molecule has 0 unspecified atom stereocenters. The van der Waals surface area contributed by atoms with E-state index in [2.05, 4.69) is 30.7 Å². The number of nitrogens with one attached hydrogen (secondary N) is 1. The van der Waals surface area contributed by atoms with Crippen LogP contribution < -0.4 is 9.46 Å². The Balaban J connectivity index is 1.90. The summed E-state index contributed by atoms with van der Waals surface area (Å²) in [5.74, 6) is 1.75. The van der Waals surface area contributed by atoms with Crippen LogP contribution >= 0.6 is 0 Å². The maximum atomic E-state index is 11.7. The second-order valence-electron chi connectivity index (χ2n) is 6.35. The van der Waals surface area contributed by atoms with Crippen LogP contribution in [0.25, 0.3) is 0 Å². The molecule has 0 bridgehead atoms. The third-order valence-electron chi connectivity index (χ3n) is 4.38. The molecule has 0 aliphatic heterocycles. The molecule has 1 aliphatic rings. The zero-order valence-electron chi connectivity index (χ0n) is 13.7. The summed E-state index contributed by atoms with van der Waals surface area (Å²) in [7, 11) is -3.14. The zero-order chi connectivity index (χ0) is 16.2. The van der Waals surface area contributed by atoms with Crippen molar-refractivity contribution in [3.63, 3.8) is 0 Å². The summed E-state index contributed by atoms with van der Waals surface area (Å²) in [5.41, 5.74) is 1.29. The molecular weight excluding hydrogens is 298 g/mol. The second-order valence-corrected chi connectivity index (χ2v) is 8.40. The van der Waals surface area contributed by atoms with Crippen LogP contribution in [0.15, 0.2) is 24.3 Å². The highest BCUT2D eigenvalue weighted by atomic mass is 32.2. The van der Waals surface area contributed by atoms with Gasteiger partial charge in [0.15, 0.2) is 0 Å². The first-order chi connectivity index (χ1) is 10.4. The third-order valence-corrected chi connectivity index (χ3v) is 5.80. The SMILES string of the molecule is CCS(=O)(=O)N[C@H]1CCC[C@H]1COc1ccc(C(C)C)cc1. The molecule has 1 aromatic carbocycles. The first-order valence-electron chi connectivity index (χ1n) is 8.14. The molecule has 124 valence electrons. The Labute approximate surface area is 134 Å². The summed E-state index contributed by atoms with van der Waals surface area (Å²) in [6.07, 6.45) is 2.97. The number of benzene rings is 1. The second kappa shape index (κ2) is 7.47. The predicted octanol–water partition coefficient (Wildman–Crippen LogP) is 3.30. The topological polar surface area (TPSA) is 55.4 Å². The zero-order valence-corrected chi connectivity index (χ0v) is 14.5. The van der Waals surface area contributed by atoms with Crippen LogP contribution in [-0.2, 0) is 10.0 Å². The van der Waals surface area contributed by atoms with E-state index in [1.807, 2.05) is 12.1 Å². The molecule has 0 heterocycles. The lowest BCUT2D eigenvalue weighted by molar-refractivity contribution is 0.234. The van der Waals surface area contributed by atoms with Crippen LogP contribution in [-0.4, -0.2) is 26.8 Å². The molecule has 22 heavy (non-hydrogen) atoms. The van der Waals surface area contributed by atoms with Gasteiger partial charge in [0.1, 0.15) is 5.75 Å². The number of ether oxygens (including phenoxy) is 1. The molecule has 1 fully saturated rings. The predicted molar refractivity (Wildman–Crippen MR) is 89.8 cm³/mol. The highest BCUT2D eigenvalue weighted by molar-refractivity contribution is 7.89. The van der Waals surface area contributed by atoms with Gasteiger partial charge in [0.25, 0.3) is 0 Å². The van der Waals surface area contributed by atoms with Gasteiger partial charge >= 0.3 is 0 Å².